The molecule has 0 spiro atoms. The molecule has 0 amide bonds. The standard InChI is InChI=1S/C21H14Cl2IN3O2/c1-11-3-6-14(7-4-11)27-19(23)15(12(2)26-27)10-18-21(28)29-20(25-18)16-9-13(24)5-8-17(16)22/h3-10H,1-2H3/b18-10-. The summed E-state index contributed by atoms with van der Waals surface area (Å²) < 4.78 is 7.92. The van der Waals surface area contributed by atoms with E-state index in [4.69, 9.17) is 27.9 Å². The number of rotatable bonds is 3. The molecule has 0 bridgehead atoms. The summed E-state index contributed by atoms with van der Waals surface area (Å²) in [6, 6.07) is 13.2. The molecule has 4 rings (SSSR count). The fourth-order valence-corrected chi connectivity index (χ4v) is 3.87. The fraction of sp³-hybridized carbons (Fsp3) is 0.0952. The average Bonchev–Trinajstić information content (AvgIpc) is 3.19. The number of carbonyl (C=O) groups is 1. The van der Waals surface area contributed by atoms with Crippen LogP contribution in [0, 0.1) is 17.4 Å². The Kier molecular flexibility index (Phi) is 5.50. The van der Waals surface area contributed by atoms with Gasteiger partial charge in [0, 0.05) is 9.13 Å². The van der Waals surface area contributed by atoms with Crippen molar-refractivity contribution in [1.29, 1.82) is 0 Å². The zero-order valence-corrected chi connectivity index (χ0v) is 19.1. The summed E-state index contributed by atoms with van der Waals surface area (Å²) in [5.74, 6) is -0.391. The second kappa shape index (κ2) is 7.93. The summed E-state index contributed by atoms with van der Waals surface area (Å²) in [6.45, 7) is 3.83. The summed E-state index contributed by atoms with van der Waals surface area (Å²) in [4.78, 5) is 16.7. The van der Waals surface area contributed by atoms with Crippen LogP contribution < -0.4 is 0 Å². The first-order chi connectivity index (χ1) is 13.8. The number of aromatic nitrogens is 2. The van der Waals surface area contributed by atoms with Gasteiger partial charge in [-0.25, -0.2) is 14.5 Å². The number of hydrogen-bond donors (Lipinski definition) is 0. The summed E-state index contributed by atoms with van der Waals surface area (Å²) >= 11 is 15.0. The zero-order chi connectivity index (χ0) is 20.7. The van der Waals surface area contributed by atoms with Crippen LogP contribution in [0.4, 0.5) is 0 Å². The molecule has 1 aliphatic heterocycles. The molecule has 0 radical (unpaired) electrons. The molecule has 3 aromatic rings. The van der Waals surface area contributed by atoms with Crippen molar-refractivity contribution in [2.45, 2.75) is 13.8 Å². The first kappa shape index (κ1) is 20.1. The topological polar surface area (TPSA) is 56.5 Å². The molecule has 0 saturated heterocycles. The number of cyclic esters (lactones) is 1. The van der Waals surface area contributed by atoms with E-state index >= 15 is 0 Å². The van der Waals surface area contributed by atoms with E-state index in [1.165, 1.54) is 0 Å². The SMILES string of the molecule is Cc1ccc(-n2nc(C)c(/C=C3\N=C(c4cc(I)ccc4Cl)OC3=O)c2Cl)cc1. The number of aliphatic imine (C=N–C) groups is 1. The lowest BCUT2D eigenvalue weighted by atomic mass is 10.2. The number of halogens is 3. The van der Waals surface area contributed by atoms with E-state index in [2.05, 4.69) is 32.7 Å². The first-order valence-corrected chi connectivity index (χ1v) is 10.5. The van der Waals surface area contributed by atoms with Crippen LogP contribution in [0.1, 0.15) is 22.4 Å². The third-order valence-corrected chi connectivity index (χ3v) is 5.75. The number of nitrogens with zero attached hydrogens (tertiary/aromatic N) is 3. The predicted octanol–water partition coefficient (Wildman–Crippen LogP) is 5.75. The number of benzene rings is 2. The molecule has 5 nitrogen and oxygen atoms in total. The maximum Gasteiger partial charge on any atom is 0.363 e. The third-order valence-electron chi connectivity index (χ3n) is 4.39. The Bertz CT molecular complexity index is 1200. The highest BCUT2D eigenvalue weighted by Crippen LogP contribution is 2.29. The van der Waals surface area contributed by atoms with Crippen molar-refractivity contribution in [3.05, 3.63) is 84.3 Å². The summed E-state index contributed by atoms with van der Waals surface area (Å²) in [6.07, 6.45) is 1.59. The molecule has 1 aliphatic rings. The Hall–Kier alpha value is -2.16. The quantitative estimate of drug-likeness (QED) is 0.243. The largest absolute Gasteiger partial charge is 0.402 e. The Morgan fingerprint density at radius 2 is 1.83 bits per heavy atom. The molecule has 0 aliphatic carbocycles. The highest BCUT2D eigenvalue weighted by molar-refractivity contribution is 14.1. The number of hydrogen-bond acceptors (Lipinski definition) is 4. The van der Waals surface area contributed by atoms with Crippen LogP contribution in [-0.4, -0.2) is 21.6 Å². The number of carbonyl (C=O) groups excluding carboxylic acids is 1. The van der Waals surface area contributed by atoms with Gasteiger partial charge in [-0.15, -0.1) is 0 Å². The van der Waals surface area contributed by atoms with Crippen molar-refractivity contribution in [1.82, 2.24) is 9.78 Å². The molecule has 1 aromatic heterocycles. The van der Waals surface area contributed by atoms with Crippen LogP contribution in [0.25, 0.3) is 11.8 Å². The molecule has 0 unspecified atom stereocenters. The van der Waals surface area contributed by atoms with Gasteiger partial charge in [0.1, 0.15) is 5.15 Å². The Morgan fingerprint density at radius 3 is 2.55 bits per heavy atom. The number of esters is 1. The van der Waals surface area contributed by atoms with Gasteiger partial charge in [0.15, 0.2) is 5.70 Å². The summed E-state index contributed by atoms with van der Waals surface area (Å²) in [7, 11) is 0. The van der Waals surface area contributed by atoms with Gasteiger partial charge < -0.3 is 4.74 Å². The van der Waals surface area contributed by atoms with Gasteiger partial charge >= 0.3 is 5.97 Å². The third kappa shape index (κ3) is 3.97. The summed E-state index contributed by atoms with van der Waals surface area (Å²) in [5.41, 5.74) is 3.96. The van der Waals surface area contributed by atoms with E-state index in [0.29, 0.717) is 27.0 Å². The van der Waals surface area contributed by atoms with Gasteiger partial charge in [0.05, 0.1) is 22.0 Å². The Morgan fingerprint density at radius 1 is 1.10 bits per heavy atom. The van der Waals surface area contributed by atoms with Gasteiger partial charge in [-0.1, -0.05) is 40.9 Å². The Balaban J connectivity index is 1.74. The van der Waals surface area contributed by atoms with Gasteiger partial charge in [-0.2, -0.15) is 5.10 Å². The lowest BCUT2D eigenvalue weighted by Crippen LogP contribution is -2.06. The Labute approximate surface area is 191 Å². The van der Waals surface area contributed by atoms with Gasteiger partial charge in [-0.05, 0) is 72.8 Å². The van der Waals surface area contributed by atoms with Crippen molar-refractivity contribution in [2.24, 2.45) is 4.99 Å². The van der Waals surface area contributed by atoms with E-state index in [1.54, 1.807) is 16.8 Å². The van der Waals surface area contributed by atoms with Crippen molar-refractivity contribution >= 4 is 63.7 Å². The molecule has 0 saturated carbocycles. The smallest absolute Gasteiger partial charge is 0.363 e. The van der Waals surface area contributed by atoms with E-state index in [9.17, 15) is 4.79 Å². The fourth-order valence-electron chi connectivity index (χ4n) is 2.85. The minimum atomic E-state index is -0.562. The lowest BCUT2D eigenvalue weighted by molar-refractivity contribution is -0.129. The molecule has 146 valence electrons. The molecule has 0 atom stereocenters. The van der Waals surface area contributed by atoms with Gasteiger partial charge in [0.25, 0.3) is 0 Å². The molecule has 0 N–H and O–H groups in total. The predicted molar refractivity (Wildman–Crippen MR) is 123 cm³/mol. The highest BCUT2D eigenvalue weighted by atomic mass is 127. The molecule has 2 heterocycles. The van der Waals surface area contributed by atoms with Crippen molar-refractivity contribution in [2.75, 3.05) is 0 Å². The van der Waals surface area contributed by atoms with Crippen molar-refractivity contribution in [3.8, 4) is 5.69 Å². The molecule has 2 aromatic carbocycles. The maximum absolute atomic E-state index is 12.4. The van der Waals surface area contributed by atoms with Crippen LogP contribution in [0.2, 0.25) is 10.2 Å². The molecule has 8 heteroatoms. The van der Waals surface area contributed by atoms with Crippen LogP contribution in [-0.2, 0) is 9.53 Å². The zero-order valence-electron chi connectivity index (χ0n) is 15.4. The summed E-state index contributed by atoms with van der Waals surface area (Å²) in [5, 5.41) is 5.35. The monoisotopic (exact) mass is 537 g/mol. The van der Waals surface area contributed by atoms with Crippen LogP contribution >= 0.6 is 45.8 Å². The molecular weight excluding hydrogens is 524 g/mol. The minimum absolute atomic E-state index is 0.142. The normalized spacial score (nSPS) is 15.0. The average molecular weight is 538 g/mol. The number of ether oxygens (including phenoxy) is 1. The van der Waals surface area contributed by atoms with Crippen LogP contribution in [0.3, 0.4) is 0 Å². The van der Waals surface area contributed by atoms with E-state index in [0.717, 1.165) is 14.8 Å². The first-order valence-electron chi connectivity index (χ1n) is 8.63. The maximum atomic E-state index is 12.4. The lowest BCUT2D eigenvalue weighted by Gasteiger charge is -2.03. The van der Waals surface area contributed by atoms with Crippen LogP contribution in [0.15, 0.2) is 53.2 Å². The molecular formula is C21H14Cl2IN3O2. The van der Waals surface area contributed by atoms with Crippen molar-refractivity contribution < 1.29 is 9.53 Å². The van der Waals surface area contributed by atoms with Crippen molar-refractivity contribution in [3.63, 3.8) is 0 Å². The van der Waals surface area contributed by atoms with Gasteiger partial charge in [-0.3, -0.25) is 0 Å². The van der Waals surface area contributed by atoms with E-state index < -0.39 is 5.97 Å². The van der Waals surface area contributed by atoms with Crippen LogP contribution in [0.5, 0.6) is 0 Å². The highest BCUT2D eigenvalue weighted by Gasteiger charge is 2.27. The second-order valence-electron chi connectivity index (χ2n) is 6.50. The molecule has 29 heavy (non-hydrogen) atoms. The molecule has 0 fully saturated rings. The van der Waals surface area contributed by atoms with E-state index in [1.807, 2.05) is 50.2 Å². The van der Waals surface area contributed by atoms with E-state index in [-0.39, 0.29) is 11.6 Å². The number of aryl methyl sites for hydroxylation is 2. The second-order valence-corrected chi connectivity index (χ2v) is 8.51. The minimum Gasteiger partial charge on any atom is -0.402 e. The van der Waals surface area contributed by atoms with Gasteiger partial charge in [0.2, 0.25) is 5.90 Å².